The fourth-order valence-corrected chi connectivity index (χ4v) is 4.33. The number of aryl methyl sites for hydroxylation is 1. The molecule has 0 bridgehead atoms. The zero-order valence-corrected chi connectivity index (χ0v) is 17.4. The molecule has 1 aliphatic heterocycles. The molecule has 1 heterocycles. The van der Waals surface area contributed by atoms with Crippen molar-refractivity contribution in [2.75, 3.05) is 30.5 Å². The van der Waals surface area contributed by atoms with Crippen molar-refractivity contribution in [2.24, 2.45) is 5.92 Å². The van der Waals surface area contributed by atoms with Crippen LogP contribution in [-0.4, -0.2) is 40.5 Å². The van der Waals surface area contributed by atoms with Crippen LogP contribution in [0.2, 0.25) is 0 Å². The maximum absolute atomic E-state index is 13.2. The van der Waals surface area contributed by atoms with E-state index in [2.05, 4.69) is 10.6 Å². The Balaban J connectivity index is 0.00000280. The molecular weight excluding hydrogens is 398 g/mol. The highest BCUT2D eigenvalue weighted by atomic mass is 35.5. The highest BCUT2D eigenvalue weighted by Gasteiger charge is 2.25. The third-order valence-electron chi connectivity index (χ3n) is 4.65. The van der Waals surface area contributed by atoms with E-state index < -0.39 is 10.0 Å². The van der Waals surface area contributed by atoms with Gasteiger partial charge in [-0.05, 0) is 31.2 Å². The lowest BCUT2D eigenvalue weighted by Gasteiger charge is -2.27. The van der Waals surface area contributed by atoms with Gasteiger partial charge in [0.15, 0.2) is 0 Å². The number of benzene rings is 2. The first-order valence-electron chi connectivity index (χ1n) is 9.08. The molecule has 3 rings (SSSR count). The van der Waals surface area contributed by atoms with E-state index in [-0.39, 0.29) is 36.2 Å². The first kappa shape index (κ1) is 22.2. The number of anilines is 1. The van der Waals surface area contributed by atoms with Crippen molar-refractivity contribution in [2.45, 2.75) is 18.2 Å². The van der Waals surface area contributed by atoms with Crippen LogP contribution < -0.4 is 14.9 Å². The Morgan fingerprint density at radius 1 is 1.11 bits per heavy atom. The summed E-state index contributed by atoms with van der Waals surface area (Å²) in [6.07, 6.45) is 0.111. The van der Waals surface area contributed by atoms with Gasteiger partial charge in [-0.15, -0.1) is 12.4 Å². The van der Waals surface area contributed by atoms with E-state index in [0.717, 1.165) is 18.7 Å². The lowest BCUT2D eigenvalue weighted by atomic mass is 10.0. The average Bonchev–Trinajstić information content (AvgIpc) is 2.61. The summed E-state index contributed by atoms with van der Waals surface area (Å²) in [4.78, 5) is 12.4. The second kappa shape index (κ2) is 9.91. The minimum Gasteiger partial charge on any atom is -0.356 e. The van der Waals surface area contributed by atoms with Gasteiger partial charge < -0.3 is 10.6 Å². The van der Waals surface area contributed by atoms with Crippen molar-refractivity contribution < 1.29 is 13.2 Å². The minimum absolute atomic E-state index is 0. The summed E-state index contributed by atoms with van der Waals surface area (Å²) in [5.41, 5.74) is 1.54. The van der Waals surface area contributed by atoms with E-state index in [1.54, 1.807) is 48.5 Å². The van der Waals surface area contributed by atoms with Crippen LogP contribution in [0.1, 0.15) is 12.0 Å². The molecule has 0 aliphatic carbocycles. The number of carbonyl (C=O) groups excluding carboxylic acids is 1. The third-order valence-corrected chi connectivity index (χ3v) is 6.49. The summed E-state index contributed by atoms with van der Waals surface area (Å²) < 4.78 is 27.6. The second-order valence-electron chi connectivity index (χ2n) is 6.80. The largest absolute Gasteiger partial charge is 0.356 e. The van der Waals surface area contributed by atoms with E-state index in [9.17, 15) is 13.2 Å². The molecule has 1 amide bonds. The number of para-hydroxylation sites is 1. The smallest absolute Gasteiger partial charge is 0.264 e. The maximum Gasteiger partial charge on any atom is 0.264 e. The van der Waals surface area contributed by atoms with Gasteiger partial charge in [0.05, 0.1) is 10.6 Å². The number of hydrogen-bond donors (Lipinski definition) is 2. The van der Waals surface area contributed by atoms with Crippen LogP contribution in [0.3, 0.4) is 0 Å². The van der Waals surface area contributed by atoms with E-state index in [4.69, 9.17) is 0 Å². The SMILES string of the molecule is Cc1ccc(S(=O)(=O)N(CCC(=O)NCC2CNC2)c2ccccc2)cc1.Cl. The molecule has 0 radical (unpaired) electrons. The van der Waals surface area contributed by atoms with Gasteiger partial charge in [-0.25, -0.2) is 8.42 Å². The van der Waals surface area contributed by atoms with Crippen molar-refractivity contribution in [1.82, 2.24) is 10.6 Å². The Hall–Kier alpha value is -2.09. The maximum atomic E-state index is 13.2. The van der Waals surface area contributed by atoms with E-state index in [1.165, 1.54) is 4.31 Å². The van der Waals surface area contributed by atoms with Gasteiger partial charge in [0.1, 0.15) is 0 Å². The fraction of sp³-hybridized carbons (Fsp3) is 0.350. The van der Waals surface area contributed by atoms with Crippen molar-refractivity contribution in [3.8, 4) is 0 Å². The summed E-state index contributed by atoms with van der Waals surface area (Å²) in [6.45, 7) is 4.46. The predicted molar refractivity (Wildman–Crippen MR) is 113 cm³/mol. The number of rotatable bonds is 8. The van der Waals surface area contributed by atoms with Crippen molar-refractivity contribution >= 4 is 34.0 Å². The highest BCUT2D eigenvalue weighted by Crippen LogP contribution is 2.24. The molecule has 1 fully saturated rings. The standard InChI is InChI=1S/C20H25N3O3S.ClH/c1-16-7-9-19(10-8-16)27(25,26)23(18-5-3-2-4-6-18)12-11-20(24)22-15-17-13-21-14-17;/h2-10,17,21H,11-15H2,1H3,(H,22,24);1H. The van der Waals surface area contributed by atoms with Crippen molar-refractivity contribution in [1.29, 1.82) is 0 Å². The number of halogens is 1. The number of nitrogens with one attached hydrogen (secondary N) is 2. The summed E-state index contributed by atoms with van der Waals surface area (Å²) in [6, 6.07) is 15.6. The van der Waals surface area contributed by atoms with Gasteiger partial charge in [0.2, 0.25) is 5.91 Å². The van der Waals surface area contributed by atoms with Crippen molar-refractivity contribution in [3.63, 3.8) is 0 Å². The summed E-state index contributed by atoms with van der Waals surface area (Å²) in [7, 11) is -3.75. The van der Waals surface area contributed by atoms with E-state index in [0.29, 0.717) is 18.2 Å². The van der Waals surface area contributed by atoms with Gasteiger partial charge in [-0.3, -0.25) is 9.10 Å². The molecule has 0 spiro atoms. The van der Waals surface area contributed by atoms with Crippen molar-refractivity contribution in [3.05, 3.63) is 60.2 Å². The first-order chi connectivity index (χ1) is 13.0. The Labute approximate surface area is 172 Å². The van der Waals surface area contributed by atoms with Crippen LogP contribution in [0.5, 0.6) is 0 Å². The Kier molecular flexibility index (Phi) is 7.86. The van der Waals surface area contributed by atoms with Gasteiger partial charge in [-0.1, -0.05) is 35.9 Å². The summed E-state index contributed by atoms with van der Waals surface area (Å²) >= 11 is 0. The quantitative estimate of drug-likeness (QED) is 0.683. The predicted octanol–water partition coefficient (Wildman–Crippen LogP) is 2.34. The molecule has 8 heteroatoms. The van der Waals surface area contributed by atoms with Gasteiger partial charge in [0, 0.05) is 38.5 Å². The zero-order valence-electron chi connectivity index (χ0n) is 15.8. The molecule has 2 aromatic rings. The molecule has 0 saturated carbocycles. The molecule has 2 aromatic carbocycles. The Morgan fingerprint density at radius 2 is 1.75 bits per heavy atom. The number of nitrogens with zero attached hydrogens (tertiary/aromatic N) is 1. The van der Waals surface area contributed by atoms with E-state index in [1.807, 2.05) is 13.0 Å². The molecule has 0 unspecified atom stereocenters. The second-order valence-corrected chi connectivity index (χ2v) is 8.67. The monoisotopic (exact) mass is 423 g/mol. The van der Waals surface area contributed by atoms with Crippen LogP contribution >= 0.6 is 12.4 Å². The zero-order chi connectivity index (χ0) is 19.3. The molecule has 1 aliphatic rings. The lowest BCUT2D eigenvalue weighted by molar-refractivity contribution is -0.121. The number of amides is 1. The molecule has 2 N–H and O–H groups in total. The first-order valence-corrected chi connectivity index (χ1v) is 10.5. The number of carbonyl (C=O) groups is 1. The van der Waals surface area contributed by atoms with Crippen LogP contribution in [0.4, 0.5) is 5.69 Å². The Bertz CT molecular complexity index is 869. The minimum atomic E-state index is -3.75. The molecule has 152 valence electrons. The molecule has 28 heavy (non-hydrogen) atoms. The number of sulfonamides is 1. The fourth-order valence-electron chi connectivity index (χ4n) is 2.86. The molecular formula is C20H26ClN3O3S. The third kappa shape index (κ3) is 5.47. The van der Waals surface area contributed by atoms with Crippen LogP contribution in [-0.2, 0) is 14.8 Å². The van der Waals surface area contributed by atoms with Crippen LogP contribution in [0.15, 0.2) is 59.5 Å². The lowest BCUT2D eigenvalue weighted by Crippen LogP contribution is -2.48. The molecule has 1 saturated heterocycles. The van der Waals surface area contributed by atoms with Gasteiger partial charge in [0.25, 0.3) is 10.0 Å². The normalized spacial score (nSPS) is 13.9. The highest BCUT2D eigenvalue weighted by molar-refractivity contribution is 7.92. The summed E-state index contributed by atoms with van der Waals surface area (Å²) in [5.74, 6) is 0.331. The molecule has 0 atom stereocenters. The molecule has 0 aromatic heterocycles. The number of hydrogen-bond acceptors (Lipinski definition) is 4. The molecule has 6 nitrogen and oxygen atoms in total. The van der Waals surface area contributed by atoms with Crippen LogP contribution in [0.25, 0.3) is 0 Å². The topological polar surface area (TPSA) is 78.5 Å². The Morgan fingerprint density at radius 3 is 2.32 bits per heavy atom. The van der Waals surface area contributed by atoms with Crippen LogP contribution in [0, 0.1) is 12.8 Å². The van der Waals surface area contributed by atoms with Gasteiger partial charge in [-0.2, -0.15) is 0 Å². The van der Waals surface area contributed by atoms with E-state index >= 15 is 0 Å². The average molecular weight is 424 g/mol. The van der Waals surface area contributed by atoms with Gasteiger partial charge >= 0.3 is 0 Å². The summed E-state index contributed by atoms with van der Waals surface area (Å²) in [5, 5.41) is 6.05.